The Morgan fingerprint density at radius 3 is 2.68 bits per heavy atom. The van der Waals surface area contributed by atoms with Crippen molar-refractivity contribution in [3.05, 3.63) is 65.5 Å². The smallest absolute Gasteiger partial charge is 0.251 e. The van der Waals surface area contributed by atoms with E-state index in [-0.39, 0.29) is 35.9 Å². The SMILES string of the molecule is CCNC(=NCc1cccc(C(=O)NC(C)CC)c1)NCCCn1c(C)nc2ccccc21.I. The highest BCUT2D eigenvalue weighted by atomic mass is 127. The van der Waals surface area contributed by atoms with Gasteiger partial charge in [0.05, 0.1) is 17.6 Å². The zero-order valence-corrected chi connectivity index (χ0v) is 22.9. The molecule has 0 spiro atoms. The maximum Gasteiger partial charge on any atom is 0.251 e. The molecule has 1 heterocycles. The molecule has 1 atom stereocenters. The molecule has 1 amide bonds. The van der Waals surface area contributed by atoms with Gasteiger partial charge in [0.2, 0.25) is 0 Å². The van der Waals surface area contributed by atoms with E-state index < -0.39 is 0 Å². The number of carbonyl (C=O) groups excluding carboxylic acids is 1. The van der Waals surface area contributed by atoms with Gasteiger partial charge in [-0.2, -0.15) is 0 Å². The molecule has 1 aromatic heterocycles. The Hall–Kier alpha value is -2.62. The zero-order chi connectivity index (χ0) is 23.6. The van der Waals surface area contributed by atoms with E-state index >= 15 is 0 Å². The average Bonchev–Trinajstić information content (AvgIpc) is 3.15. The van der Waals surface area contributed by atoms with Crippen molar-refractivity contribution in [2.75, 3.05) is 13.1 Å². The van der Waals surface area contributed by atoms with Crippen molar-refractivity contribution in [3.8, 4) is 0 Å². The maximum atomic E-state index is 12.4. The largest absolute Gasteiger partial charge is 0.357 e. The lowest BCUT2D eigenvalue weighted by molar-refractivity contribution is 0.0939. The molecule has 0 saturated heterocycles. The fourth-order valence-electron chi connectivity index (χ4n) is 3.65. The van der Waals surface area contributed by atoms with Gasteiger partial charge in [0, 0.05) is 31.2 Å². The van der Waals surface area contributed by atoms with Crippen molar-refractivity contribution in [3.63, 3.8) is 0 Å². The van der Waals surface area contributed by atoms with Crippen LogP contribution in [0.2, 0.25) is 0 Å². The summed E-state index contributed by atoms with van der Waals surface area (Å²) in [7, 11) is 0. The first-order chi connectivity index (χ1) is 16.0. The molecule has 2 aromatic carbocycles. The normalized spacial score (nSPS) is 12.2. The number of rotatable bonds is 10. The summed E-state index contributed by atoms with van der Waals surface area (Å²) in [4.78, 5) is 21.8. The number of fused-ring (bicyclic) bond motifs is 1. The van der Waals surface area contributed by atoms with Crippen LogP contribution in [-0.4, -0.2) is 40.5 Å². The van der Waals surface area contributed by atoms with E-state index in [1.54, 1.807) is 0 Å². The van der Waals surface area contributed by atoms with Gasteiger partial charge in [-0.15, -0.1) is 24.0 Å². The minimum absolute atomic E-state index is 0. The predicted octanol–water partition coefficient (Wildman–Crippen LogP) is 4.64. The van der Waals surface area contributed by atoms with Crippen LogP contribution in [-0.2, 0) is 13.1 Å². The van der Waals surface area contributed by atoms with Crippen molar-refractivity contribution in [2.24, 2.45) is 4.99 Å². The Labute approximate surface area is 219 Å². The van der Waals surface area contributed by atoms with Crippen LogP contribution < -0.4 is 16.0 Å². The van der Waals surface area contributed by atoms with E-state index in [2.05, 4.69) is 64.5 Å². The number of aromatic nitrogens is 2. The summed E-state index contributed by atoms with van der Waals surface area (Å²) in [5.41, 5.74) is 3.89. The molecule has 3 rings (SSSR count). The van der Waals surface area contributed by atoms with Crippen LogP contribution in [0, 0.1) is 6.92 Å². The molecule has 0 aliphatic heterocycles. The van der Waals surface area contributed by atoms with Crippen molar-refractivity contribution < 1.29 is 4.79 Å². The number of halogens is 1. The summed E-state index contributed by atoms with van der Waals surface area (Å²) in [5.74, 6) is 1.77. The highest BCUT2D eigenvalue weighted by Crippen LogP contribution is 2.15. The van der Waals surface area contributed by atoms with Crippen LogP contribution in [0.3, 0.4) is 0 Å². The molecule has 0 aliphatic rings. The molecule has 0 saturated carbocycles. The Morgan fingerprint density at radius 1 is 1.12 bits per heavy atom. The Kier molecular flexibility index (Phi) is 11.3. The zero-order valence-electron chi connectivity index (χ0n) is 20.6. The van der Waals surface area contributed by atoms with E-state index in [0.717, 1.165) is 55.3 Å². The minimum atomic E-state index is -0.0393. The summed E-state index contributed by atoms with van der Waals surface area (Å²) in [6, 6.07) is 16.1. The van der Waals surface area contributed by atoms with Gasteiger partial charge >= 0.3 is 0 Å². The second kappa shape index (κ2) is 13.9. The van der Waals surface area contributed by atoms with Gasteiger partial charge in [-0.3, -0.25) is 4.79 Å². The Bertz CT molecular complexity index is 1090. The number of aliphatic imine (C=N–C) groups is 1. The van der Waals surface area contributed by atoms with Crippen LogP contribution in [0.5, 0.6) is 0 Å². The number of nitrogens with zero attached hydrogens (tertiary/aromatic N) is 3. The second-order valence-corrected chi connectivity index (χ2v) is 8.26. The molecule has 8 heteroatoms. The molecule has 184 valence electrons. The third-order valence-corrected chi connectivity index (χ3v) is 5.64. The molecule has 0 fully saturated rings. The number of aryl methyl sites for hydroxylation is 2. The van der Waals surface area contributed by atoms with Crippen LogP contribution in [0.15, 0.2) is 53.5 Å². The number of benzene rings is 2. The highest BCUT2D eigenvalue weighted by Gasteiger charge is 2.09. The van der Waals surface area contributed by atoms with Crippen LogP contribution >= 0.6 is 24.0 Å². The molecule has 0 aliphatic carbocycles. The molecule has 34 heavy (non-hydrogen) atoms. The molecule has 0 radical (unpaired) electrons. The third kappa shape index (κ3) is 7.72. The Morgan fingerprint density at radius 2 is 1.91 bits per heavy atom. The van der Waals surface area contributed by atoms with Gasteiger partial charge in [-0.1, -0.05) is 31.2 Å². The van der Waals surface area contributed by atoms with Gasteiger partial charge in [0.25, 0.3) is 5.91 Å². The van der Waals surface area contributed by atoms with Gasteiger partial charge in [0.15, 0.2) is 5.96 Å². The number of carbonyl (C=O) groups is 1. The van der Waals surface area contributed by atoms with Gasteiger partial charge in [0.1, 0.15) is 5.82 Å². The maximum absolute atomic E-state index is 12.4. The average molecular weight is 577 g/mol. The number of hydrogen-bond acceptors (Lipinski definition) is 3. The predicted molar refractivity (Wildman–Crippen MR) is 151 cm³/mol. The molecular formula is C26H37IN6O. The lowest BCUT2D eigenvalue weighted by Gasteiger charge is -2.13. The summed E-state index contributed by atoms with van der Waals surface area (Å²) in [6.07, 6.45) is 1.86. The molecule has 3 N–H and O–H groups in total. The van der Waals surface area contributed by atoms with E-state index in [1.807, 2.05) is 37.3 Å². The fourth-order valence-corrected chi connectivity index (χ4v) is 3.65. The van der Waals surface area contributed by atoms with Crippen LogP contribution in [0.4, 0.5) is 0 Å². The van der Waals surface area contributed by atoms with Crippen molar-refractivity contribution in [2.45, 2.75) is 59.7 Å². The first-order valence-corrected chi connectivity index (χ1v) is 11.9. The quantitative estimate of drug-likeness (QED) is 0.142. The summed E-state index contributed by atoms with van der Waals surface area (Å²) in [5, 5.41) is 9.73. The van der Waals surface area contributed by atoms with E-state index in [0.29, 0.717) is 12.1 Å². The van der Waals surface area contributed by atoms with Gasteiger partial charge in [-0.25, -0.2) is 9.98 Å². The molecule has 3 aromatic rings. The standard InChI is InChI=1S/C26H36N6O.HI/c1-5-19(3)30-25(33)22-12-9-11-21(17-22)18-29-26(27-6-2)28-15-10-16-32-20(4)31-23-13-7-8-14-24(23)32;/h7-9,11-14,17,19H,5-6,10,15-16,18H2,1-4H3,(H,30,33)(H2,27,28,29);1H. The monoisotopic (exact) mass is 576 g/mol. The van der Waals surface area contributed by atoms with Crippen molar-refractivity contribution in [1.29, 1.82) is 0 Å². The molecular weight excluding hydrogens is 539 g/mol. The lowest BCUT2D eigenvalue weighted by Crippen LogP contribution is -2.38. The minimum Gasteiger partial charge on any atom is -0.357 e. The molecule has 7 nitrogen and oxygen atoms in total. The molecule has 0 bridgehead atoms. The topological polar surface area (TPSA) is 83.3 Å². The number of nitrogens with one attached hydrogen (secondary N) is 3. The molecule has 1 unspecified atom stereocenters. The first kappa shape index (κ1) is 27.6. The number of guanidine groups is 1. The van der Waals surface area contributed by atoms with E-state index in [4.69, 9.17) is 4.99 Å². The summed E-state index contributed by atoms with van der Waals surface area (Å²) >= 11 is 0. The number of hydrogen-bond donors (Lipinski definition) is 3. The van der Waals surface area contributed by atoms with Gasteiger partial charge < -0.3 is 20.5 Å². The van der Waals surface area contributed by atoms with Crippen molar-refractivity contribution >= 4 is 46.9 Å². The number of amides is 1. The Balaban J connectivity index is 0.00000408. The number of imidazole rings is 1. The fraction of sp³-hybridized carbons (Fsp3) is 0.423. The highest BCUT2D eigenvalue weighted by molar-refractivity contribution is 14.0. The van der Waals surface area contributed by atoms with Crippen molar-refractivity contribution in [1.82, 2.24) is 25.5 Å². The summed E-state index contributed by atoms with van der Waals surface area (Å²) < 4.78 is 2.26. The second-order valence-electron chi connectivity index (χ2n) is 8.26. The number of para-hydroxylation sites is 2. The first-order valence-electron chi connectivity index (χ1n) is 11.9. The van der Waals surface area contributed by atoms with Crippen LogP contribution in [0.1, 0.15) is 55.4 Å². The summed E-state index contributed by atoms with van der Waals surface area (Å²) in [6.45, 7) is 11.2. The third-order valence-electron chi connectivity index (χ3n) is 5.64. The van der Waals surface area contributed by atoms with Gasteiger partial charge in [-0.05, 0) is 63.4 Å². The van der Waals surface area contributed by atoms with E-state index in [9.17, 15) is 4.79 Å². The van der Waals surface area contributed by atoms with E-state index in [1.165, 1.54) is 5.52 Å². The lowest BCUT2D eigenvalue weighted by atomic mass is 10.1. The van der Waals surface area contributed by atoms with Crippen LogP contribution in [0.25, 0.3) is 11.0 Å².